The van der Waals surface area contributed by atoms with Gasteiger partial charge in [-0.05, 0) is 38.7 Å². The molecule has 0 unspecified atom stereocenters. The number of rotatable bonds is 8. The quantitative estimate of drug-likeness (QED) is 0.386. The Morgan fingerprint density at radius 1 is 1.26 bits per heavy atom. The normalized spacial score (nSPS) is 14.3. The van der Waals surface area contributed by atoms with Crippen LogP contribution in [0.25, 0.3) is 11.4 Å². The van der Waals surface area contributed by atoms with Gasteiger partial charge in [0.1, 0.15) is 0 Å². The van der Waals surface area contributed by atoms with Gasteiger partial charge in [0.25, 0.3) is 0 Å². The van der Waals surface area contributed by atoms with Crippen LogP contribution < -0.4 is 0 Å². The molecular formula is C21H28N4OS. The third-order valence-corrected chi connectivity index (χ3v) is 5.83. The summed E-state index contributed by atoms with van der Waals surface area (Å²) in [5.41, 5.74) is 2.27. The van der Waals surface area contributed by atoms with E-state index < -0.39 is 0 Å². The number of likely N-dealkylation sites (tertiary alicyclic amines) is 1. The van der Waals surface area contributed by atoms with Gasteiger partial charge < -0.3 is 4.90 Å². The average Bonchev–Trinajstić information content (AvgIpc) is 3.09. The number of carbonyl (C=O) groups is 1. The summed E-state index contributed by atoms with van der Waals surface area (Å²) in [7, 11) is 0. The van der Waals surface area contributed by atoms with Crippen molar-refractivity contribution in [3.8, 4) is 11.4 Å². The number of thioether (sulfide) groups is 1. The summed E-state index contributed by atoms with van der Waals surface area (Å²) >= 11 is 1.67. The summed E-state index contributed by atoms with van der Waals surface area (Å²) in [6.07, 6.45) is 6.89. The molecule has 1 aromatic carbocycles. The molecule has 27 heavy (non-hydrogen) atoms. The van der Waals surface area contributed by atoms with E-state index >= 15 is 0 Å². The number of benzene rings is 1. The Labute approximate surface area is 165 Å². The summed E-state index contributed by atoms with van der Waals surface area (Å²) in [6, 6.07) is 8.29. The highest BCUT2D eigenvalue weighted by Crippen LogP contribution is 2.25. The molecule has 1 aliphatic rings. The van der Waals surface area contributed by atoms with E-state index in [-0.39, 0.29) is 0 Å². The minimum Gasteiger partial charge on any atom is -0.343 e. The third-order valence-electron chi connectivity index (χ3n) is 4.78. The molecule has 1 saturated heterocycles. The third kappa shape index (κ3) is 5.22. The average molecular weight is 385 g/mol. The van der Waals surface area contributed by atoms with Gasteiger partial charge >= 0.3 is 0 Å². The number of hydrogen-bond acceptors (Lipinski definition) is 4. The van der Waals surface area contributed by atoms with Gasteiger partial charge in [-0.25, -0.2) is 0 Å². The van der Waals surface area contributed by atoms with Crippen molar-refractivity contribution in [2.75, 3.05) is 18.8 Å². The minimum absolute atomic E-state index is 0.295. The van der Waals surface area contributed by atoms with Crippen LogP contribution in [0.1, 0.15) is 37.7 Å². The second kappa shape index (κ2) is 9.74. The molecule has 144 valence electrons. The summed E-state index contributed by atoms with van der Waals surface area (Å²) < 4.78 is 2.10. The van der Waals surface area contributed by atoms with Crippen LogP contribution in [0.4, 0.5) is 0 Å². The number of nitrogens with zero attached hydrogens (tertiary/aromatic N) is 4. The van der Waals surface area contributed by atoms with Crippen LogP contribution in [0.2, 0.25) is 0 Å². The molecule has 6 heteroatoms. The summed E-state index contributed by atoms with van der Waals surface area (Å²) in [5.74, 6) is 2.02. The zero-order chi connectivity index (χ0) is 19.1. The molecule has 0 bridgehead atoms. The molecule has 0 spiro atoms. The molecule has 0 aliphatic carbocycles. The molecule has 1 fully saturated rings. The smallest absolute Gasteiger partial charge is 0.222 e. The highest BCUT2D eigenvalue weighted by molar-refractivity contribution is 7.99. The molecular weight excluding hydrogens is 356 g/mol. The van der Waals surface area contributed by atoms with E-state index in [2.05, 4.69) is 46.5 Å². The fourth-order valence-corrected chi connectivity index (χ4v) is 4.26. The molecule has 0 atom stereocenters. The Morgan fingerprint density at radius 2 is 2.07 bits per heavy atom. The lowest BCUT2D eigenvalue weighted by molar-refractivity contribution is -0.132. The van der Waals surface area contributed by atoms with Crippen LogP contribution >= 0.6 is 11.8 Å². The summed E-state index contributed by atoms with van der Waals surface area (Å²) in [5, 5.41) is 9.67. The predicted octanol–water partition coefficient (Wildman–Crippen LogP) is 4.32. The Kier molecular flexibility index (Phi) is 7.10. The number of aromatic nitrogens is 3. The molecule has 5 nitrogen and oxygen atoms in total. The lowest BCUT2D eigenvalue weighted by atomic mass is 10.1. The molecule has 1 aliphatic heterocycles. The molecule has 2 heterocycles. The standard InChI is InChI=1S/C21H28N4OS/c1-3-12-25-20(18-10-7-9-17(2)16-18)22-23-21(25)27-15-8-11-19(26)24-13-5-4-6-14-24/h3,7,9-10,16H,1,4-6,8,11-15H2,2H3. The largest absolute Gasteiger partial charge is 0.343 e. The Morgan fingerprint density at radius 3 is 2.81 bits per heavy atom. The van der Waals surface area contributed by atoms with E-state index in [0.29, 0.717) is 18.9 Å². The number of carbonyl (C=O) groups excluding carboxylic acids is 1. The Balaban J connectivity index is 1.58. The molecule has 2 aromatic rings. The van der Waals surface area contributed by atoms with Gasteiger partial charge in [-0.2, -0.15) is 0 Å². The minimum atomic E-state index is 0.295. The van der Waals surface area contributed by atoms with Crippen molar-refractivity contribution in [1.29, 1.82) is 0 Å². The first-order valence-electron chi connectivity index (χ1n) is 9.71. The van der Waals surface area contributed by atoms with E-state index in [4.69, 9.17) is 0 Å². The van der Waals surface area contributed by atoms with Crippen molar-refractivity contribution >= 4 is 17.7 Å². The van der Waals surface area contributed by atoms with Crippen molar-refractivity contribution in [2.45, 2.75) is 50.7 Å². The highest BCUT2D eigenvalue weighted by Gasteiger charge is 2.17. The van der Waals surface area contributed by atoms with E-state index in [1.54, 1.807) is 11.8 Å². The number of aryl methyl sites for hydroxylation is 1. The van der Waals surface area contributed by atoms with Gasteiger partial charge in [0.05, 0.1) is 0 Å². The molecule has 0 radical (unpaired) electrons. The zero-order valence-electron chi connectivity index (χ0n) is 16.1. The number of piperidine rings is 1. The maximum Gasteiger partial charge on any atom is 0.222 e. The van der Waals surface area contributed by atoms with Crippen LogP contribution in [0.5, 0.6) is 0 Å². The van der Waals surface area contributed by atoms with Crippen LogP contribution in [0.3, 0.4) is 0 Å². The summed E-state index contributed by atoms with van der Waals surface area (Å²) in [4.78, 5) is 14.3. The number of amides is 1. The fraction of sp³-hybridized carbons (Fsp3) is 0.476. The van der Waals surface area contributed by atoms with Gasteiger partial charge in [-0.15, -0.1) is 16.8 Å². The van der Waals surface area contributed by atoms with Crippen molar-refractivity contribution in [1.82, 2.24) is 19.7 Å². The van der Waals surface area contributed by atoms with Crippen molar-refractivity contribution in [3.05, 3.63) is 42.5 Å². The Hall–Kier alpha value is -2.08. The van der Waals surface area contributed by atoms with Gasteiger partial charge in [0.2, 0.25) is 5.91 Å². The van der Waals surface area contributed by atoms with E-state index in [0.717, 1.165) is 54.6 Å². The van der Waals surface area contributed by atoms with Gasteiger partial charge in [-0.3, -0.25) is 9.36 Å². The van der Waals surface area contributed by atoms with Crippen molar-refractivity contribution < 1.29 is 4.79 Å². The first-order valence-corrected chi connectivity index (χ1v) is 10.7. The molecule has 0 saturated carbocycles. The fourth-order valence-electron chi connectivity index (χ4n) is 3.38. The highest BCUT2D eigenvalue weighted by atomic mass is 32.2. The second-order valence-corrected chi connectivity index (χ2v) is 8.03. The lowest BCUT2D eigenvalue weighted by Gasteiger charge is -2.26. The second-order valence-electron chi connectivity index (χ2n) is 6.97. The van der Waals surface area contributed by atoms with E-state index in [9.17, 15) is 4.79 Å². The number of allylic oxidation sites excluding steroid dienone is 1. The number of hydrogen-bond donors (Lipinski definition) is 0. The zero-order valence-corrected chi connectivity index (χ0v) is 16.9. The van der Waals surface area contributed by atoms with Crippen LogP contribution in [-0.2, 0) is 11.3 Å². The monoisotopic (exact) mass is 384 g/mol. The van der Waals surface area contributed by atoms with Crippen LogP contribution in [0.15, 0.2) is 42.1 Å². The summed E-state index contributed by atoms with van der Waals surface area (Å²) in [6.45, 7) is 8.47. The van der Waals surface area contributed by atoms with Gasteiger partial charge in [0.15, 0.2) is 11.0 Å². The van der Waals surface area contributed by atoms with E-state index in [1.807, 2.05) is 17.0 Å². The molecule has 1 amide bonds. The lowest BCUT2D eigenvalue weighted by Crippen LogP contribution is -2.35. The van der Waals surface area contributed by atoms with Crippen LogP contribution in [-0.4, -0.2) is 44.4 Å². The predicted molar refractivity (Wildman–Crippen MR) is 111 cm³/mol. The van der Waals surface area contributed by atoms with Crippen molar-refractivity contribution in [3.63, 3.8) is 0 Å². The molecule has 3 rings (SSSR count). The molecule has 1 aromatic heterocycles. The topological polar surface area (TPSA) is 51.0 Å². The SMILES string of the molecule is C=CCn1c(SCCCC(=O)N2CCCCC2)nnc1-c1cccc(C)c1. The maximum absolute atomic E-state index is 12.3. The van der Waals surface area contributed by atoms with Crippen LogP contribution in [0, 0.1) is 6.92 Å². The first-order chi connectivity index (χ1) is 13.2. The Bertz CT molecular complexity index is 780. The van der Waals surface area contributed by atoms with Gasteiger partial charge in [-0.1, -0.05) is 41.6 Å². The first kappa shape index (κ1) is 19.7. The maximum atomic E-state index is 12.3. The van der Waals surface area contributed by atoms with Crippen molar-refractivity contribution in [2.24, 2.45) is 0 Å². The molecule has 0 N–H and O–H groups in total. The van der Waals surface area contributed by atoms with Gasteiger partial charge in [0, 0.05) is 37.4 Å². The van der Waals surface area contributed by atoms with E-state index in [1.165, 1.54) is 12.0 Å².